The maximum absolute atomic E-state index is 12.2. The van der Waals surface area contributed by atoms with E-state index in [1.54, 1.807) is 0 Å². The smallest absolute Gasteiger partial charge is 0.227 e. The van der Waals surface area contributed by atoms with Crippen molar-refractivity contribution in [3.8, 4) is 0 Å². The second-order valence-corrected chi connectivity index (χ2v) is 5.77. The molecule has 4 nitrogen and oxygen atoms in total. The van der Waals surface area contributed by atoms with Crippen LogP contribution in [0.4, 0.5) is 11.4 Å². The van der Waals surface area contributed by atoms with Crippen LogP contribution >= 0.6 is 12.4 Å². The summed E-state index contributed by atoms with van der Waals surface area (Å²) in [7, 11) is 2.07. The molecule has 0 radical (unpaired) electrons. The van der Waals surface area contributed by atoms with Gasteiger partial charge in [-0.05, 0) is 58.0 Å². The van der Waals surface area contributed by atoms with Crippen molar-refractivity contribution in [1.82, 2.24) is 5.32 Å². The minimum atomic E-state index is 0. The number of nitrogens with one attached hydrogen (secondary N) is 2. The molecule has 1 saturated heterocycles. The normalized spacial score (nSPS) is 15.4. The minimum Gasteiger partial charge on any atom is -0.372 e. The Morgan fingerprint density at radius 1 is 1.33 bits per heavy atom. The number of hydrogen-bond acceptors (Lipinski definition) is 3. The number of nitrogens with zero attached hydrogens (tertiary/aromatic N) is 1. The standard InChI is InChI=1S/C16H25N3O.ClH/c1-12(2)19(3)15-6-4-5-14(11-15)18-16(20)13-7-9-17-10-8-13;/h4-6,11-13,17H,7-10H2,1-3H3,(H,18,20);1H. The average molecular weight is 312 g/mol. The summed E-state index contributed by atoms with van der Waals surface area (Å²) < 4.78 is 0. The van der Waals surface area contributed by atoms with Gasteiger partial charge in [-0.1, -0.05) is 6.07 Å². The molecule has 21 heavy (non-hydrogen) atoms. The Balaban J connectivity index is 0.00000220. The highest BCUT2D eigenvalue weighted by atomic mass is 35.5. The average Bonchev–Trinajstić information content (AvgIpc) is 2.47. The predicted octanol–water partition coefficient (Wildman–Crippen LogP) is 2.89. The lowest BCUT2D eigenvalue weighted by atomic mass is 9.97. The van der Waals surface area contributed by atoms with Gasteiger partial charge < -0.3 is 15.5 Å². The molecule has 1 aliphatic heterocycles. The highest BCUT2D eigenvalue weighted by molar-refractivity contribution is 5.93. The molecular formula is C16H26ClN3O. The molecule has 118 valence electrons. The van der Waals surface area contributed by atoms with Gasteiger partial charge in [-0.2, -0.15) is 0 Å². The lowest BCUT2D eigenvalue weighted by Gasteiger charge is -2.25. The topological polar surface area (TPSA) is 44.4 Å². The predicted molar refractivity (Wildman–Crippen MR) is 91.5 cm³/mol. The van der Waals surface area contributed by atoms with Crippen LogP contribution in [0.2, 0.25) is 0 Å². The Bertz CT molecular complexity index is 459. The Hall–Kier alpha value is -1.26. The molecule has 0 aliphatic carbocycles. The van der Waals surface area contributed by atoms with Crippen LogP contribution in [0.1, 0.15) is 26.7 Å². The lowest BCUT2D eigenvalue weighted by molar-refractivity contribution is -0.120. The van der Waals surface area contributed by atoms with E-state index in [1.807, 2.05) is 18.2 Å². The second kappa shape index (κ2) is 8.25. The molecule has 0 unspecified atom stereocenters. The van der Waals surface area contributed by atoms with E-state index in [1.165, 1.54) is 0 Å². The summed E-state index contributed by atoms with van der Waals surface area (Å²) in [6, 6.07) is 8.49. The van der Waals surface area contributed by atoms with Crippen molar-refractivity contribution in [2.24, 2.45) is 5.92 Å². The number of rotatable bonds is 4. The lowest BCUT2D eigenvalue weighted by Crippen LogP contribution is -2.34. The van der Waals surface area contributed by atoms with E-state index in [0.717, 1.165) is 37.3 Å². The van der Waals surface area contributed by atoms with Crippen LogP contribution in [0.15, 0.2) is 24.3 Å². The first-order valence-corrected chi connectivity index (χ1v) is 7.42. The van der Waals surface area contributed by atoms with E-state index in [0.29, 0.717) is 6.04 Å². The van der Waals surface area contributed by atoms with Crippen molar-refractivity contribution in [2.45, 2.75) is 32.7 Å². The molecule has 1 aromatic rings. The van der Waals surface area contributed by atoms with Crippen LogP contribution in [0.5, 0.6) is 0 Å². The molecule has 0 spiro atoms. The zero-order valence-corrected chi connectivity index (χ0v) is 13.9. The van der Waals surface area contributed by atoms with Crippen LogP contribution < -0.4 is 15.5 Å². The number of halogens is 1. The van der Waals surface area contributed by atoms with E-state index in [-0.39, 0.29) is 24.2 Å². The van der Waals surface area contributed by atoms with Crippen LogP contribution in [0.3, 0.4) is 0 Å². The summed E-state index contributed by atoms with van der Waals surface area (Å²) in [5.74, 6) is 0.290. The van der Waals surface area contributed by atoms with Gasteiger partial charge in [-0.3, -0.25) is 4.79 Å². The number of anilines is 2. The van der Waals surface area contributed by atoms with Gasteiger partial charge in [0, 0.05) is 30.4 Å². The van der Waals surface area contributed by atoms with Gasteiger partial charge in [0.2, 0.25) is 5.91 Å². The summed E-state index contributed by atoms with van der Waals surface area (Å²) >= 11 is 0. The van der Waals surface area contributed by atoms with Gasteiger partial charge >= 0.3 is 0 Å². The highest BCUT2D eigenvalue weighted by Gasteiger charge is 2.20. The minimum absolute atomic E-state index is 0. The van der Waals surface area contributed by atoms with Crippen LogP contribution in [0, 0.1) is 5.92 Å². The van der Waals surface area contributed by atoms with Crippen molar-refractivity contribution in [3.63, 3.8) is 0 Å². The Morgan fingerprint density at radius 3 is 2.62 bits per heavy atom. The molecule has 1 fully saturated rings. The number of carbonyl (C=O) groups excluding carboxylic acids is 1. The van der Waals surface area contributed by atoms with Gasteiger partial charge in [0.1, 0.15) is 0 Å². The number of carbonyl (C=O) groups is 1. The number of hydrogen-bond donors (Lipinski definition) is 2. The molecule has 0 saturated carbocycles. The number of benzene rings is 1. The quantitative estimate of drug-likeness (QED) is 0.898. The maximum Gasteiger partial charge on any atom is 0.227 e. The molecule has 0 atom stereocenters. The van der Waals surface area contributed by atoms with Crippen molar-refractivity contribution in [1.29, 1.82) is 0 Å². The SMILES string of the molecule is CC(C)N(C)c1cccc(NC(=O)C2CCNCC2)c1.Cl. The third-order valence-electron chi connectivity index (χ3n) is 4.01. The molecule has 1 heterocycles. The zero-order chi connectivity index (χ0) is 14.5. The van der Waals surface area contributed by atoms with E-state index in [9.17, 15) is 4.79 Å². The van der Waals surface area contributed by atoms with Gasteiger partial charge in [0.05, 0.1) is 0 Å². The van der Waals surface area contributed by atoms with E-state index in [2.05, 4.69) is 42.5 Å². The summed E-state index contributed by atoms with van der Waals surface area (Å²) in [5, 5.41) is 6.34. The summed E-state index contributed by atoms with van der Waals surface area (Å²) in [6.45, 7) is 6.18. The molecule has 5 heteroatoms. The summed E-state index contributed by atoms with van der Waals surface area (Å²) in [4.78, 5) is 14.4. The Labute approximate surface area is 133 Å². The Morgan fingerprint density at radius 2 is 2.00 bits per heavy atom. The summed E-state index contributed by atoms with van der Waals surface area (Å²) in [5.41, 5.74) is 2.02. The fourth-order valence-electron chi connectivity index (χ4n) is 2.43. The fraction of sp³-hybridized carbons (Fsp3) is 0.562. The van der Waals surface area contributed by atoms with Crippen molar-refractivity contribution < 1.29 is 4.79 Å². The van der Waals surface area contributed by atoms with Gasteiger partial charge in [-0.15, -0.1) is 12.4 Å². The first kappa shape index (κ1) is 17.8. The van der Waals surface area contributed by atoms with Gasteiger partial charge in [0.25, 0.3) is 0 Å². The van der Waals surface area contributed by atoms with Crippen molar-refractivity contribution >= 4 is 29.7 Å². The molecule has 1 amide bonds. The third kappa shape index (κ3) is 4.90. The van der Waals surface area contributed by atoms with Crippen LogP contribution in [0.25, 0.3) is 0 Å². The molecule has 0 bridgehead atoms. The molecule has 1 aromatic carbocycles. The monoisotopic (exact) mass is 311 g/mol. The molecule has 2 N–H and O–H groups in total. The van der Waals surface area contributed by atoms with Crippen molar-refractivity contribution in [2.75, 3.05) is 30.4 Å². The fourth-order valence-corrected chi connectivity index (χ4v) is 2.43. The molecule has 1 aliphatic rings. The first-order chi connectivity index (χ1) is 9.58. The Kier molecular flexibility index (Phi) is 6.99. The number of amides is 1. The second-order valence-electron chi connectivity index (χ2n) is 5.77. The zero-order valence-electron chi connectivity index (χ0n) is 13.1. The maximum atomic E-state index is 12.2. The van der Waals surface area contributed by atoms with Crippen LogP contribution in [-0.4, -0.2) is 32.1 Å². The summed E-state index contributed by atoms with van der Waals surface area (Å²) in [6.07, 6.45) is 1.86. The highest BCUT2D eigenvalue weighted by Crippen LogP contribution is 2.21. The van der Waals surface area contributed by atoms with E-state index < -0.39 is 0 Å². The molecular weight excluding hydrogens is 286 g/mol. The molecule has 2 rings (SSSR count). The van der Waals surface area contributed by atoms with Crippen LogP contribution in [-0.2, 0) is 4.79 Å². The number of piperidine rings is 1. The van der Waals surface area contributed by atoms with Gasteiger partial charge in [0.15, 0.2) is 0 Å². The largest absolute Gasteiger partial charge is 0.372 e. The van der Waals surface area contributed by atoms with E-state index in [4.69, 9.17) is 0 Å². The molecule has 0 aromatic heterocycles. The third-order valence-corrected chi connectivity index (χ3v) is 4.01. The van der Waals surface area contributed by atoms with Gasteiger partial charge in [-0.25, -0.2) is 0 Å². The van der Waals surface area contributed by atoms with Crippen molar-refractivity contribution in [3.05, 3.63) is 24.3 Å². The first-order valence-electron chi connectivity index (χ1n) is 7.42. The van der Waals surface area contributed by atoms with E-state index >= 15 is 0 Å².